The molecule has 0 saturated carbocycles. The first-order chi connectivity index (χ1) is 7.06. The van der Waals surface area contributed by atoms with Crippen LogP contribution in [0.15, 0.2) is 11.6 Å². The minimum Gasteiger partial charge on any atom is -0.481 e. The van der Waals surface area contributed by atoms with Crippen molar-refractivity contribution in [3.8, 4) is 0 Å². The van der Waals surface area contributed by atoms with Crippen molar-refractivity contribution in [3.63, 3.8) is 0 Å². The molecule has 0 radical (unpaired) electrons. The van der Waals surface area contributed by atoms with Crippen molar-refractivity contribution in [1.29, 1.82) is 0 Å². The highest BCUT2D eigenvalue weighted by molar-refractivity contribution is 6.17. The summed E-state index contributed by atoms with van der Waals surface area (Å²) in [5.74, 6) is -1.96. The summed E-state index contributed by atoms with van der Waals surface area (Å²) in [5.41, 5.74) is 0.0728. The van der Waals surface area contributed by atoms with Crippen LogP contribution < -0.4 is 0 Å². The molecule has 0 saturated heterocycles. The van der Waals surface area contributed by atoms with Crippen molar-refractivity contribution >= 4 is 17.8 Å². The number of aliphatic carboxylic acids is 1. The number of imide groups is 1. The molecule has 0 aromatic heterocycles. The Bertz CT molecular complexity index is 332. The summed E-state index contributed by atoms with van der Waals surface area (Å²) in [4.78, 5) is 34.4. The molecule has 0 aromatic carbocycles. The van der Waals surface area contributed by atoms with E-state index in [2.05, 4.69) is 0 Å². The first-order valence-electron chi connectivity index (χ1n) is 4.84. The lowest BCUT2D eigenvalue weighted by molar-refractivity contribution is -0.140. The maximum atomic E-state index is 11.5. The normalized spacial score (nSPS) is 15.8. The lowest BCUT2D eigenvalue weighted by atomic mass is 10.2. The van der Waals surface area contributed by atoms with E-state index in [0.717, 1.165) is 23.8 Å². The number of nitrogens with zero attached hydrogens (tertiary/aromatic N) is 1. The van der Waals surface area contributed by atoms with Gasteiger partial charge in [0.05, 0.1) is 6.42 Å². The molecule has 0 spiro atoms. The predicted octanol–water partition coefficient (Wildman–Crippen LogP) is 0.556. The van der Waals surface area contributed by atoms with Gasteiger partial charge < -0.3 is 5.11 Å². The van der Waals surface area contributed by atoms with E-state index in [1.54, 1.807) is 0 Å². The van der Waals surface area contributed by atoms with Crippen molar-refractivity contribution in [3.05, 3.63) is 11.6 Å². The smallest absolute Gasteiger partial charge is 0.308 e. The van der Waals surface area contributed by atoms with Crippen LogP contribution >= 0.6 is 0 Å². The average molecular weight is 211 g/mol. The summed E-state index contributed by atoms with van der Waals surface area (Å²) in [6.07, 6.45) is 2.36. The fourth-order valence-electron chi connectivity index (χ4n) is 1.38. The Morgan fingerprint density at radius 2 is 2.13 bits per heavy atom. The highest BCUT2D eigenvalue weighted by Crippen LogP contribution is 2.16. The van der Waals surface area contributed by atoms with E-state index in [-0.39, 0.29) is 12.0 Å². The topological polar surface area (TPSA) is 74.7 Å². The monoisotopic (exact) mass is 211 g/mol. The zero-order valence-corrected chi connectivity index (χ0v) is 8.52. The molecule has 0 fully saturated rings. The zero-order valence-electron chi connectivity index (χ0n) is 8.52. The molecule has 1 aliphatic rings. The molecule has 1 rings (SSSR count). The molecule has 0 aliphatic carbocycles. The third kappa shape index (κ3) is 2.65. The molecule has 5 heteroatoms. The number of hydrogen-bond acceptors (Lipinski definition) is 3. The summed E-state index contributed by atoms with van der Waals surface area (Å²) >= 11 is 0. The van der Waals surface area contributed by atoms with Crippen molar-refractivity contribution in [2.75, 3.05) is 6.54 Å². The molecule has 1 aliphatic heterocycles. The van der Waals surface area contributed by atoms with Crippen LogP contribution in [-0.2, 0) is 14.4 Å². The number of amides is 2. The Morgan fingerprint density at radius 3 is 2.67 bits per heavy atom. The van der Waals surface area contributed by atoms with Gasteiger partial charge in [0.1, 0.15) is 0 Å². The van der Waals surface area contributed by atoms with E-state index in [0.29, 0.717) is 6.54 Å². The number of carbonyl (C=O) groups excluding carboxylic acids is 2. The molecule has 5 nitrogen and oxygen atoms in total. The van der Waals surface area contributed by atoms with E-state index >= 15 is 0 Å². The van der Waals surface area contributed by atoms with E-state index in [4.69, 9.17) is 5.11 Å². The summed E-state index contributed by atoms with van der Waals surface area (Å²) in [5, 5.41) is 8.52. The lowest BCUT2D eigenvalue weighted by Crippen LogP contribution is -2.32. The van der Waals surface area contributed by atoms with Crippen molar-refractivity contribution in [1.82, 2.24) is 4.90 Å². The Morgan fingerprint density at radius 1 is 1.47 bits per heavy atom. The second-order valence-electron chi connectivity index (χ2n) is 3.39. The first-order valence-corrected chi connectivity index (χ1v) is 4.84. The van der Waals surface area contributed by atoms with Gasteiger partial charge in [-0.05, 0) is 6.42 Å². The summed E-state index contributed by atoms with van der Waals surface area (Å²) in [6, 6.07) is 0. The van der Waals surface area contributed by atoms with Crippen LogP contribution in [0.2, 0.25) is 0 Å². The maximum absolute atomic E-state index is 11.5. The third-order valence-electron chi connectivity index (χ3n) is 2.16. The Balaban J connectivity index is 2.65. The van der Waals surface area contributed by atoms with Gasteiger partial charge in [0.15, 0.2) is 0 Å². The quantitative estimate of drug-likeness (QED) is 0.674. The number of rotatable bonds is 5. The van der Waals surface area contributed by atoms with Crippen LogP contribution in [0.4, 0.5) is 0 Å². The second kappa shape index (κ2) is 4.72. The maximum Gasteiger partial charge on any atom is 0.308 e. The van der Waals surface area contributed by atoms with E-state index in [9.17, 15) is 14.4 Å². The Labute approximate surface area is 87.4 Å². The molecule has 0 bridgehead atoms. The first kappa shape index (κ1) is 11.4. The van der Waals surface area contributed by atoms with Crippen LogP contribution in [0.3, 0.4) is 0 Å². The molecule has 0 aromatic rings. The van der Waals surface area contributed by atoms with Gasteiger partial charge in [-0.15, -0.1) is 0 Å². The van der Waals surface area contributed by atoms with Crippen molar-refractivity contribution in [2.24, 2.45) is 0 Å². The number of hydrogen-bond donors (Lipinski definition) is 1. The van der Waals surface area contributed by atoms with E-state index < -0.39 is 17.8 Å². The molecular formula is C10H13NO4. The third-order valence-corrected chi connectivity index (χ3v) is 2.16. The predicted molar refractivity (Wildman–Crippen MR) is 52.0 cm³/mol. The number of carbonyl (C=O) groups is 3. The summed E-state index contributed by atoms with van der Waals surface area (Å²) in [7, 11) is 0. The highest BCUT2D eigenvalue weighted by atomic mass is 16.4. The fourth-order valence-corrected chi connectivity index (χ4v) is 1.38. The van der Waals surface area contributed by atoms with Gasteiger partial charge in [-0.2, -0.15) is 0 Å². The molecule has 1 N–H and O–H groups in total. The van der Waals surface area contributed by atoms with Crippen molar-refractivity contribution in [2.45, 2.75) is 26.2 Å². The summed E-state index contributed by atoms with van der Waals surface area (Å²) in [6.45, 7) is 2.32. The average Bonchev–Trinajstić information content (AvgIpc) is 2.39. The van der Waals surface area contributed by atoms with Gasteiger partial charge in [0.25, 0.3) is 11.8 Å². The zero-order chi connectivity index (χ0) is 11.4. The molecular weight excluding hydrogens is 198 g/mol. The molecule has 15 heavy (non-hydrogen) atoms. The number of carboxylic acids is 1. The van der Waals surface area contributed by atoms with Gasteiger partial charge in [0.2, 0.25) is 0 Å². The standard InChI is InChI=1S/C10H13NO4/c1-2-3-4-11-8(12)5-7(10(11)15)6-9(13)14/h5H,2-4,6H2,1H3,(H,13,14). The fraction of sp³-hybridized carbons (Fsp3) is 0.500. The largest absolute Gasteiger partial charge is 0.481 e. The SMILES string of the molecule is CCCCN1C(=O)C=C(CC(=O)O)C1=O. The van der Waals surface area contributed by atoms with Gasteiger partial charge in [-0.1, -0.05) is 13.3 Å². The lowest BCUT2D eigenvalue weighted by Gasteiger charge is -2.13. The molecule has 1 heterocycles. The minimum absolute atomic E-state index is 0.0728. The van der Waals surface area contributed by atoms with Crippen LogP contribution in [0.25, 0.3) is 0 Å². The van der Waals surface area contributed by atoms with Crippen LogP contribution in [0.5, 0.6) is 0 Å². The van der Waals surface area contributed by atoms with Gasteiger partial charge in [-0.3, -0.25) is 19.3 Å². The van der Waals surface area contributed by atoms with Crippen LogP contribution in [-0.4, -0.2) is 34.3 Å². The highest BCUT2D eigenvalue weighted by Gasteiger charge is 2.31. The van der Waals surface area contributed by atoms with Crippen LogP contribution in [0, 0.1) is 0 Å². The van der Waals surface area contributed by atoms with Gasteiger partial charge >= 0.3 is 5.97 Å². The van der Waals surface area contributed by atoms with Crippen LogP contribution in [0.1, 0.15) is 26.2 Å². The molecule has 2 amide bonds. The van der Waals surface area contributed by atoms with Gasteiger partial charge in [-0.25, -0.2) is 0 Å². The molecule has 0 unspecified atom stereocenters. The number of carboxylic acid groups (broad SMARTS) is 1. The van der Waals surface area contributed by atoms with Crippen molar-refractivity contribution < 1.29 is 19.5 Å². The minimum atomic E-state index is -1.10. The van der Waals surface area contributed by atoms with E-state index in [1.807, 2.05) is 6.92 Å². The Kier molecular flexibility index (Phi) is 3.60. The molecule has 82 valence electrons. The second-order valence-corrected chi connectivity index (χ2v) is 3.39. The Hall–Kier alpha value is -1.65. The molecule has 0 atom stereocenters. The van der Waals surface area contributed by atoms with Gasteiger partial charge in [0, 0.05) is 18.2 Å². The van der Waals surface area contributed by atoms with E-state index in [1.165, 1.54) is 0 Å². The summed E-state index contributed by atoms with van der Waals surface area (Å²) < 4.78 is 0. The number of unbranched alkanes of at least 4 members (excludes halogenated alkanes) is 1.